The van der Waals surface area contributed by atoms with Crippen LogP contribution in [0.3, 0.4) is 0 Å². The molecule has 0 aliphatic carbocycles. The zero-order valence-electron chi connectivity index (χ0n) is 9.67. The number of rotatable bonds is 3. The highest BCUT2D eigenvalue weighted by Gasteiger charge is 2.14. The molecule has 0 saturated carbocycles. The van der Waals surface area contributed by atoms with Gasteiger partial charge in [0.2, 0.25) is 5.96 Å². The fraction of sp³-hybridized carbons (Fsp3) is 0.200. The first-order valence-electron chi connectivity index (χ1n) is 5.19. The van der Waals surface area contributed by atoms with Crippen LogP contribution in [0.25, 0.3) is 0 Å². The maximum atomic E-state index is 10.9. The van der Waals surface area contributed by atoms with Crippen molar-refractivity contribution in [3.8, 4) is 0 Å². The molecule has 19 heavy (non-hydrogen) atoms. The third kappa shape index (κ3) is 3.90. The molecule has 2 rings (SSSR count). The highest BCUT2D eigenvalue weighted by Crippen LogP contribution is 2.24. The molecule has 1 aliphatic rings. The average molecular weight is 349 g/mol. The number of guanidine groups is 1. The normalized spacial score (nSPS) is 13.6. The summed E-state index contributed by atoms with van der Waals surface area (Å²) in [6, 6.07) is 4.76. The van der Waals surface area contributed by atoms with E-state index in [0.717, 1.165) is 6.54 Å². The van der Waals surface area contributed by atoms with Crippen LogP contribution in [-0.4, -0.2) is 30.2 Å². The van der Waals surface area contributed by atoms with Crippen LogP contribution in [0, 0.1) is 10.1 Å². The van der Waals surface area contributed by atoms with Gasteiger partial charge < -0.3 is 5.32 Å². The number of nitrogens with zero attached hydrogens (tertiary/aromatic N) is 3. The minimum absolute atomic E-state index is 0. The summed E-state index contributed by atoms with van der Waals surface area (Å²) in [6.45, 7) is 1.47. The molecule has 0 atom stereocenters. The summed E-state index contributed by atoms with van der Waals surface area (Å²) < 4.78 is 0.614. The van der Waals surface area contributed by atoms with Crippen molar-refractivity contribution in [2.45, 2.75) is 0 Å². The Morgan fingerprint density at radius 1 is 1.58 bits per heavy atom. The van der Waals surface area contributed by atoms with Gasteiger partial charge in [0.1, 0.15) is 0 Å². The molecule has 0 bridgehead atoms. The molecule has 7 nitrogen and oxygen atoms in total. The number of nitro groups is 1. The van der Waals surface area contributed by atoms with Gasteiger partial charge in [-0.2, -0.15) is 5.10 Å². The molecule has 0 aromatic heterocycles. The Bertz CT molecular complexity index is 535. The molecule has 0 unspecified atom stereocenters. The van der Waals surface area contributed by atoms with Crippen molar-refractivity contribution in [3.05, 3.63) is 38.3 Å². The number of hydrazone groups is 1. The van der Waals surface area contributed by atoms with Crippen LogP contribution in [0.1, 0.15) is 5.56 Å². The van der Waals surface area contributed by atoms with Crippen molar-refractivity contribution >= 4 is 46.2 Å². The highest BCUT2D eigenvalue weighted by atomic mass is 79.9. The number of nitrogens with one attached hydrogen (secondary N) is 2. The SMILES string of the molecule is Cl.O=[N+]([O-])c1cccc(Br)c1C=NNC1=NCCN1. The Morgan fingerprint density at radius 3 is 3.00 bits per heavy atom. The number of hydrogen-bond donors (Lipinski definition) is 2. The molecule has 0 saturated heterocycles. The summed E-state index contributed by atoms with van der Waals surface area (Å²) >= 11 is 3.26. The standard InChI is InChI=1S/C10H10BrN5O2.ClH/c11-8-2-1-3-9(16(17)18)7(8)6-14-15-10-12-4-5-13-10;/h1-3,6H,4-5H2,(H2,12,13,15);1H. The highest BCUT2D eigenvalue weighted by molar-refractivity contribution is 9.10. The van der Waals surface area contributed by atoms with Gasteiger partial charge >= 0.3 is 0 Å². The lowest BCUT2D eigenvalue weighted by Crippen LogP contribution is -2.30. The predicted molar refractivity (Wildman–Crippen MR) is 79.1 cm³/mol. The van der Waals surface area contributed by atoms with Gasteiger partial charge in [-0.15, -0.1) is 12.4 Å². The number of halogens is 2. The van der Waals surface area contributed by atoms with Crippen molar-refractivity contribution < 1.29 is 4.92 Å². The quantitative estimate of drug-likeness (QED) is 0.494. The van der Waals surface area contributed by atoms with E-state index >= 15 is 0 Å². The fourth-order valence-corrected chi connectivity index (χ4v) is 1.90. The largest absolute Gasteiger partial charge is 0.353 e. The van der Waals surface area contributed by atoms with Crippen LogP contribution >= 0.6 is 28.3 Å². The number of benzene rings is 1. The van der Waals surface area contributed by atoms with E-state index in [1.54, 1.807) is 12.1 Å². The van der Waals surface area contributed by atoms with Gasteiger partial charge in [0.05, 0.1) is 23.2 Å². The van der Waals surface area contributed by atoms with E-state index in [9.17, 15) is 10.1 Å². The Hall–Kier alpha value is -1.67. The smallest absolute Gasteiger partial charge is 0.279 e. The second-order valence-electron chi connectivity index (χ2n) is 3.46. The van der Waals surface area contributed by atoms with Gasteiger partial charge in [0.25, 0.3) is 5.69 Å². The monoisotopic (exact) mass is 347 g/mol. The van der Waals surface area contributed by atoms with Crippen molar-refractivity contribution in [1.29, 1.82) is 0 Å². The lowest BCUT2D eigenvalue weighted by molar-refractivity contribution is -0.385. The lowest BCUT2D eigenvalue weighted by atomic mass is 10.2. The van der Waals surface area contributed by atoms with Gasteiger partial charge in [-0.05, 0) is 22.0 Å². The average Bonchev–Trinajstić information content (AvgIpc) is 2.84. The summed E-state index contributed by atoms with van der Waals surface area (Å²) in [6.07, 6.45) is 1.39. The first kappa shape index (κ1) is 15.4. The molecule has 1 heterocycles. The molecule has 9 heteroatoms. The molecular formula is C10H11BrClN5O2. The lowest BCUT2D eigenvalue weighted by Gasteiger charge is -2.01. The van der Waals surface area contributed by atoms with Crippen LogP contribution in [0.4, 0.5) is 5.69 Å². The zero-order valence-corrected chi connectivity index (χ0v) is 12.1. The second kappa shape index (κ2) is 7.05. The molecule has 102 valence electrons. The van der Waals surface area contributed by atoms with Crippen LogP contribution in [0.15, 0.2) is 32.8 Å². The third-order valence-electron chi connectivity index (χ3n) is 2.26. The van der Waals surface area contributed by atoms with Crippen molar-refractivity contribution in [2.75, 3.05) is 13.1 Å². The van der Waals surface area contributed by atoms with E-state index < -0.39 is 4.92 Å². The van der Waals surface area contributed by atoms with Gasteiger partial charge in [0.15, 0.2) is 0 Å². The summed E-state index contributed by atoms with van der Waals surface area (Å²) in [5, 5.41) is 17.8. The molecule has 0 amide bonds. The van der Waals surface area contributed by atoms with Gasteiger partial charge in [-0.25, -0.2) is 10.4 Å². The van der Waals surface area contributed by atoms with Crippen LogP contribution in [0.5, 0.6) is 0 Å². The molecule has 1 aromatic carbocycles. The van der Waals surface area contributed by atoms with Gasteiger partial charge in [0, 0.05) is 17.1 Å². The summed E-state index contributed by atoms with van der Waals surface area (Å²) in [7, 11) is 0. The predicted octanol–water partition coefficient (Wildman–Crippen LogP) is 1.66. The van der Waals surface area contributed by atoms with E-state index in [-0.39, 0.29) is 18.1 Å². The van der Waals surface area contributed by atoms with E-state index in [2.05, 4.69) is 36.8 Å². The fourth-order valence-electron chi connectivity index (χ4n) is 1.44. The van der Waals surface area contributed by atoms with Crippen LogP contribution in [-0.2, 0) is 0 Å². The summed E-state index contributed by atoms with van der Waals surface area (Å²) in [5.41, 5.74) is 3.10. The Morgan fingerprint density at radius 2 is 2.37 bits per heavy atom. The first-order chi connectivity index (χ1) is 8.68. The maximum absolute atomic E-state index is 10.9. The topological polar surface area (TPSA) is 91.9 Å². The molecule has 0 spiro atoms. The second-order valence-corrected chi connectivity index (χ2v) is 4.31. The van der Waals surface area contributed by atoms with Crippen molar-refractivity contribution in [2.24, 2.45) is 10.1 Å². The third-order valence-corrected chi connectivity index (χ3v) is 2.96. The molecular weight excluding hydrogens is 338 g/mol. The maximum Gasteiger partial charge on any atom is 0.279 e. The molecule has 1 aromatic rings. The van der Waals surface area contributed by atoms with Gasteiger partial charge in [-0.1, -0.05) is 6.07 Å². The number of aliphatic imine (C=N–C) groups is 1. The van der Waals surface area contributed by atoms with Crippen molar-refractivity contribution in [3.63, 3.8) is 0 Å². The summed E-state index contributed by atoms with van der Waals surface area (Å²) in [5.74, 6) is 0.570. The van der Waals surface area contributed by atoms with Crippen LogP contribution < -0.4 is 10.7 Å². The minimum Gasteiger partial charge on any atom is -0.353 e. The Labute approximate surface area is 123 Å². The number of hydrogen-bond acceptors (Lipinski definition) is 6. The van der Waals surface area contributed by atoms with Gasteiger partial charge in [-0.3, -0.25) is 10.1 Å². The van der Waals surface area contributed by atoms with E-state index in [4.69, 9.17) is 0 Å². The van der Waals surface area contributed by atoms with Crippen LogP contribution in [0.2, 0.25) is 0 Å². The van der Waals surface area contributed by atoms with E-state index in [1.807, 2.05) is 0 Å². The Kier molecular flexibility index (Phi) is 5.71. The Balaban J connectivity index is 0.00000180. The molecule has 0 radical (unpaired) electrons. The molecule has 1 aliphatic heterocycles. The molecule has 0 fully saturated rings. The summed E-state index contributed by atoms with van der Waals surface area (Å²) in [4.78, 5) is 14.5. The van der Waals surface area contributed by atoms with E-state index in [1.165, 1.54) is 12.3 Å². The zero-order chi connectivity index (χ0) is 13.0. The van der Waals surface area contributed by atoms with E-state index in [0.29, 0.717) is 22.5 Å². The first-order valence-corrected chi connectivity index (χ1v) is 5.98. The minimum atomic E-state index is -0.447. The number of nitro benzene ring substituents is 1. The molecule has 2 N–H and O–H groups in total. The van der Waals surface area contributed by atoms with Crippen molar-refractivity contribution in [1.82, 2.24) is 10.7 Å².